The quantitative estimate of drug-likeness (QED) is 0.546. The zero-order valence-electron chi connectivity index (χ0n) is 17.6. The Morgan fingerprint density at radius 3 is 2.71 bits per heavy atom. The van der Waals surface area contributed by atoms with Crippen molar-refractivity contribution in [1.29, 1.82) is 0 Å². The van der Waals surface area contributed by atoms with E-state index in [1.54, 1.807) is 37.7 Å². The molecule has 8 heteroatoms. The Labute approximate surface area is 185 Å². The number of amides is 1. The molecule has 1 amide bonds. The van der Waals surface area contributed by atoms with Crippen molar-refractivity contribution in [2.45, 2.75) is 18.9 Å². The minimum absolute atomic E-state index is 0.0898. The van der Waals surface area contributed by atoms with Crippen LogP contribution in [0.15, 0.2) is 47.9 Å². The third-order valence-corrected chi connectivity index (χ3v) is 6.25. The van der Waals surface area contributed by atoms with Crippen LogP contribution in [0, 0.1) is 0 Å². The van der Waals surface area contributed by atoms with Gasteiger partial charge in [-0.1, -0.05) is 12.1 Å². The fourth-order valence-corrected chi connectivity index (χ4v) is 4.35. The molecule has 0 spiro atoms. The molecule has 1 saturated heterocycles. The number of thiophene rings is 1. The smallest absolute Gasteiger partial charge is 0.244 e. The number of nitrogens with one attached hydrogen (secondary N) is 2. The molecule has 0 unspecified atom stereocenters. The molecule has 4 rings (SSSR count). The predicted molar refractivity (Wildman–Crippen MR) is 124 cm³/mol. The van der Waals surface area contributed by atoms with E-state index in [-0.39, 0.29) is 11.9 Å². The van der Waals surface area contributed by atoms with Crippen LogP contribution >= 0.6 is 11.3 Å². The van der Waals surface area contributed by atoms with Gasteiger partial charge in [-0.15, -0.1) is 11.3 Å². The average Bonchev–Trinajstić information content (AvgIpc) is 3.50. The van der Waals surface area contributed by atoms with Gasteiger partial charge in [0.15, 0.2) is 17.3 Å². The molecule has 0 saturated carbocycles. The number of hydrogen-bond donors (Lipinski definition) is 2. The number of aromatic amines is 1. The molecule has 3 aromatic rings. The minimum atomic E-state index is -0.0898. The van der Waals surface area contributed by atoms with Gasteiger partial charge in [0.25, 0.3) is 0 Å². The van der Waals surface area contributed by atoms with Gasteiger partial charge in [0.2, 0.25) is 5.91 Å². The van der Waals surface area contributed by atoms with Crippen molar-refractivity contribution in [3.05, 3.63) is 53.4 Å². The molecule has 7 nitrogen and oxygen atoms in total. The lowest BCUT2D eigenvalue weighted by Gasteiger charge is -2.32. The Hall–Kier alpha value is -3.26. The lowest BCUT2D eigenvalue weighted by atomic mass is 10.0. The summed E-state index contributed by atoms with van der Waals surface area (Å²) in [5.41, 5.74) is 1.92. The number of piperidine rings is 1. The molecule has 0 radical (unpaired) electrons. The molecule has 2 aromatic heterocycles. The number of rotatable bonds is 7. The van der Waals surface area contributed by atoms with Crippen LogP contribution in [0.4, 0.5) is 5.82 Å². The molecule has 1 aromatic carbocycles. The highest BCUT2D eigenvalue weighted by Crippen LogP contribution is 2.28. The van der Waals surface area contributed by atoms with Gasteiger partial charge in [-0.3, -0.25) is 9.89 Å². The Morgan fingerprint density at radius 1 is 1.19 bits per heavy atom. The van der Waals surface area contributed by atoms with E-state index in [9.17, 15) is 4.79 Å². The number of methoxy groups -OCH3 is 2. The van der Waals surface area contributed by atoms with E-state index in [1.807, 2.05) is 24.3 Å². The normalized spacial score (nSPS) is 14.7. The molecular formula is C23H26N4O3S. The summed E-state index contributed by atoms with van der Waals surface area (Å²) >= 11 is 1.69. The summed E-state index contributed by atoms with van der Waals surface area (Å²) in [6.07, 6.45) is 5.12. The van der Waals surface area contributed by atoms with E-state index in [0.29, 0.717) is 11.5 Å². The maximum atomic E-state index is 12.4. The number of anilines is 1. The van der Waals surface area contributed by atoms with Crippen LogP contribution in [-0.2, 0) is 4.79 Å². The molecule has 2 N–H and O–H groups in total. The van der Waals surface area contributed by atoms with Crippen molar-refractivity contribution >= 4 is 29.1 Å². The van der Waals surface area contributed by atoms with Gasteiger partial charge in [0.1, 0.15) is 0 Å². The number of nitrogens with zero attached hydrogens (tertiary/aromatic N) is 2. The number of H-pyrrole nitrogens is 1. The highest BCUT2D eigenvalue weighted by Gasteiger charge is 2.22. The Bertz CT molecular complexity index is 1040. The number of benzene rings is 1. The first-order valence-electron chi connectivity index (χ1n) is 10.2. The van der Waals surface area contributed by atoms with Crippen LogP contribution < -0.4 is 19.7 Å². The first kappa shape index (κ1) is 21.0. The highest BCUT2D eigenvalue weighted by molar-refractivity contribution is 7.13. The number of carbonyl (C=O) groups is 1. The van der Waals surface area contributed by atoms with Gasteiger partial charge in [0, 0.05) is 31.3 Å². The molecule has 0 bridgehead atoms. The summed E-state index contributed by atoms with van der Waals surface area (Å²) in [5.74, 6) is 2.17. The second kappa shape index (κ2) is 9.70. The second-order valence-electron chi connectivity index (χ2n) is 7.33. The summed E-state index contributed by atoms with van der Waals surface area (Å²) < 4.78 is 10.5. The van der Waals surface area contributed by atoms with Crippen LogP contribution in [0.2, 0.25) is 0 Å². The van der Waals surface area contributed by atoms with E-state index < -0.39 is 0 Å². The van der Waals surface area contributed by atoms with Crippen LogP contribution in [-0.4, -0.2) is 49.5 Å². The van der Waals surface area contributed by atoms with Crippen molar-refractivity contribution in [1.82, 2.24) is 15.5 Å². The zero-order chi connectivity index (χ0) is 21.6. The highest BCUT2D eigenvalue weighted by atomic mass is 32.1. The summed E-state index contributed by atoms with van der Waals surface area (Å²) in [5, 5.41) is 12.7. The number of aromatic nitrogens is 2. The Morgan fingerprint density at radius 2 is 2.00 bits per heavy atom. The number of carbonyl (C=O) groups excluding carboxylic acids is 1. The molecule has 3 heterocycles. The third kappa shape index (κ3) is 5.08. The first-order chi connectivity index (χ1) is 15.2. The summed E-state index contributed by atoms with van der Waals surface area (Å²) in [7, 11) is 3.19. The molecular weight excluding hydrogens is 412 g/mol. The number of hydrogen-bond acceptors (Lipinski definition) is 6. The number of ether oxygens (including phenoxy) is 2. The maximum Gasteiger partial charge on any atom is 0.244 e. The van der Waals surface area contributed by atoms with Gasteiger partial charge in [-0.2, -0.15) is 5.10 Å². The van der Waals surface area contributed by atoms with Gasteiger partial charge >= 0.3 is 0 Å². The van der Waals surface area contributed by atoms with Gasteiger partial charge in [0.05, 0.1) is 24.8 Å². The van der Waals surface area contributed by atoms with Gasteiger partial charge < -0.3 is 19.7 Å². The second-order valence-corrected chi connectivity index (χ2v) is 8.28. The molecule has 1 fully saturated rings. The van der Waals surface area contributed by atoms with Crippen molar-refractivity contribution in [2.24, 2.45) is 0 Å². The molecule has 1 aliphatic heterocycles. The first-order valence-corrected chi connectivity index (χ1v) is 11.1. The Kier molecular flexibility index (Phi) is 6.57. The van der Waals surface area contributed by atoms with Crippen LogP contribution in [0.1, 0.15) is 18.4 Å². The topological polar surface area (TPSA) is 79.5 Å². The van der Waals surface area contributed by atoms with Crippen LogP contribution in [0.3, 0.4) is 0 Å². The third-order valence-electron chi connectivity index (χ3n) is 5.35. The Balaban J connectivity index is 1.28. The molecule has 1 aliphatic rings. The van der Waals surface area contributed by atoms with E-state index in [4.69, 9.17) is 9.47 Å². The standard InChI is InChI=1S/C23H26N4O3S/c1-29-19-7-5-16(14-20(19)30-2)6-8-23(28)24-17-9-11-27(12-10-17)22-15-18(25-26-22)21-4-3-13-31-21/h3-8,13-15,17H,9-12H2,1-2H3,(H,24,28)(H,25,26)/b8-6+. The summed E-state index contributed by atoms with van der Waals surface area (Å²) in [6, 6.07) is 11.9. The minimum Gasteiger partial charge on any atom is -0.493 e. The molecule has 31 heavy (non-hydrogen) atoms. The summed E-state index contributed by atoms with van der Waals surface area (Å²) in [6.45, 7) is 1.72. The molecule has 0 aliphatic carbocycles. The largest absolute Gasteiger partial charge is 0.493 e. The summed E-state index contributed by atoms with van der Waals surface area (Å²) in [4.78, 5) is 15.8. The van der Waals surface area contributed by atoms with Crippen LogP contribution in [0.25, 0.3) is 16.6 Å². The predicted octanol–water partition coefficient (Wildman–Crippen LogP) is 3.95. The zero-order valence-corrected chi connectivity index (χ0v) is 18.4. The molecule has 162 valence electrons. The monoisotopic (exact) mass is 438 g/mol. The fraction of sp³-hybridized carbons (Fsp3) is 0.304. The van der Waals surface area contributed by atoms with E-state index in [0.717, 1.165) is 43.0 Å². The van der Waals surface area contributed by atoms with Crippen molar-refractivity contribution < 1.29 is 14.3 Å². The van der Waals surface area contributed by atoms with Crippen molar-refractivity contribution in [3.8, 4) is 22.1 Å². The fourth-order valence-electron chi connectivity index (χ4n) is 3.66. The van der Waals surface area contributed by atoms with Crippen molar-refractivity contribution in [2.75, 3.05) is 32.2 Å². The van der Waals surface area contributed by atoms with Gasteiger partial charge in [-0.05, 0) is 48.1 Å². The van der Waals surface area contributed by atoms with E-state index >= 15 is 0 Å². The van der Waals surface area contributed by atoms with Crippen molar-refractivity contribution in [3.63, 3.8) is 0 Å². The van der Waals surface area contributed by atoms with Crippen LogP contribution in [0.5, 0.6) is 11.5 Å². The average molecular weight is 439 g/mol. The maximum absolute atomic E-state index is 12.4. The van der Waals surface area contributed by atoms with Gasteiger partial charge in [-0.25, -0.2) is 0 Å². The van der Waals surface area contributed by atoms with E-state index in [2.05, 4.69) is 37.9 Å². The molecule has 0 atom stereocenters. The van der Waals surface area contributed by atoms with E-state index in [1.165, 1.54) is 4.88 Å². The lowest BCUT2D eigenvalue weighted by molar-refractivity contribution is -0.117. The SMILES string of the molecule is COc1ccc(/C=C/C(=O)NC2CCN(c3cc(-c4cccs4)[nH]n3)CC2)cc1OC. The lowest BCUT2D eigenvalue weighted by Crippen LogP contribution is -2.44.